The molecule has 0 amide bonds. The second-order valence-electron chi connectivity index (χ2n) is 6.59. The molecule has 1 fully saturated rings. The zero-order chi connectivity index (χ0) is 18.1. The quantitative estimate of drug-likeness (QED) is 0.841. The molecule has 1 N–H and O–H groups in total. The molecule has 0 radical (unpaired) electrons. The Balaban J connectivity index is 2.48. The number of sulfone groups is 1. The highest BCUT2D eigenvalue weighted by atomic mass is 32.2. The monoisotopic (exact) mass is 374 g/mol. The number of piperidine rings is 1. The van der Waals surface area contributed by atoms with Gasteiger partial charge >= 0.3 is 0 Å². The molecule has 1 aliphatic rings. The van der Waals surface area contributed by atoms with Crippen LogP contribution in [-0.4, -0.2) is 54.1 Å². The average molecular weight is 375 g/mol. The highest BCUT2D eigenvalue weighted by Gasteiger charge is 2.32. The van der Waals surface area contributed by atoms with Gasteiger partial charge in [0, 0.05) is 19.3 Å². The van der Waals surface area contributed by atoms with Gasteiger partial charge < -0.3 is 5.32 Å². The lowest BCUT2D eigenvalue weighted by Crippen LogP contribution is -2.42. The third kappa shape index (κ3) is 3.99. The Morgan fingerprint density at radius 2 is 1.79 bits per heavy atom. The SMILES string of the molecule is CNCC1CCCN(S(=O)(=O)c2cc(C)cc(S(C)(=O)=O)c2C)C1. The Morgan fingerprint density at radius 1 is 1.17 bits per heavy atom. The van der Waals surface area contributed by atoms with Gasteiger partial charge in [0.25, 0.3) is 0 Å². The summed E-state index contributed by atoms with van der Waals surface area (Å²) < 4.78 is 51.7. The summed E-state index contributed by atoms with van der Waals surface area (Å²) in [6, 6.07) is 3.10. The normalized spacial score (nSPS) is 20.2. The fourth-order valence-corrected chi connectivity index (χ4v) is 6.30. The lowest BCUT2D eigenvalue weighted by atomic mass is 10.00. The molecule has 1 aromatic carbocycles. The Labute approximate surface area is 145 Å². The van der Waals surface area contributed by atoms with E-state index >= 15 is 0 Å². The molecule has 0 aromatic heterocycles. The van der Waals surface area contributed by atoms with Crippen molar-refractivity contribution in [3.63, 3.8) is 0 Å². The molecule has 1 atom stereocenters. The van der Waals surface area contributed by atoms with Gasteiger partial charge in [-0.2, -0.15) is 4.31 Å². The fraction of sp³-hybridized carbons (Fsp3) is 0.625. The summed E-state index contributed by atoms with van der Waals surface area (Å²) in [5, 5.41) is 3.10. The molecule has 0 saturated carbocycles. The first-order chi connectivity index (χ1) is 11.1. The summed E-state index contributed by atoms with van der Waals surface area (Å²) in [5.74, 6) is 0.276. The number of aryl methyl sites for hydroxylation is 1. The maximum Gasteiger partial charge on any atom is 0.243 e. The number of rotatable bonds is 5. The average Bonchev–Trinajstić information content (AvgIpc) is 2.48. The Kier molecular flexibility index (Phi) is 5.74. The lowest BCUT2D eigenvalue weighted by molar-refractivity contribution is 0.263. The molecular weight excluding hydrogens is 348 g/mol. The van der Waals surface area contributed by atoms with E-state index in [1.54, 1.807) is 19.9 Å². The van der Waals surface area contributed by atoms with E-state index in [4.69, 9.17) is 0 Å². The van der Waals surface area contributed by atoms with E-state index in [1.165, 1.54) is 10.4 Å². The van der Waals surface area contributed by atoms with Gasteiger partial charge in [-0.3, -0.25) is 0 Å². The van der Waals surface area contributed by atoms with Gasteiger partial charge in [-0.15, -0.1) is 0 Å². The summed E-state index contributed by atoms with van der Waals surface area (Å²) >= 11 is 0. The molecule has 0 aliphatic carbocycles. The third-order valence-corrected chi connectivity index (χ3v) is 7.66. The Hall–Kier alpha value is -0.960. The van der Waals surface area contributed by atoms with E-state index < -0.39 is 19.9 Å². The van der Waals surface area contributed by atoms with Gasteiger partial charge in [0.1, 0.15) is 0 Å². The molecule has 6 nitrogen and oxygen atoms in total. The number of hydrogen-bond acceptors (Lipinski definition) is 5. The van der Waals surface area contributed by atoms with Crippen LogP contribution in [0.1, 0.15) is 24.0 Å². The summed E-state index contributed by atoms with van der Waals surface area (Å²) in [4.78, 5) is 0.192. The van der Waals surface area contributed by atoms with Crippen molar-refractivity contribution in [2.24, 2.45) is 5.92 Å². The van der Waals surface area contributed by atoms with E-state index in [0.717, 1.165) is 25.6 Å². The number of benzene rings is 1. The van der Waals surface area contributed by atoms with Crippen LogP contribution in [0.3, 0.4) is 0 Å². The van der Waals surface area contributed by atoms with Gasteiger partial charge in [-0.25, -0.2) is 16.8 Å². The van der Waals surface area contributed by atoms with Crippen LogP contribution in [0, 0.1) is 19.8 Å². The maximum absolute atomic E-state index is 13.1. The molecule has 2 rings (SSSR count). The van der Waals surface area contributed by atoms with Gasteiger partial charge in [0.15, 0.2) is 9.84 Å². The lowest BCUT2D eigenvalue weighted by Gasteiger charge is -2.32. The van der Waals surface area contributed by atoms with Crippen molar-refractivity contribution < 1.29 is 16.8 Å². The van der Waals surface area contributed by atoms with Gasteiger partial charge in [0.2, 0.25) is 10.0 Å². The van der Waals surface area contributed by atoms with Crippen LogP contribution in [0.25, 0.3) is 0 Å². The highest BCUT2D eigenvalue weighted by molar-refractivity contribution is 7.91. The molecule has 0 spiro atoms. The van der Waals surface area contributed by atoms with Crippen molar-refractivity contribution in [3.8, 4) is 0 Å². The second kappa shape index (κ2) is 7.11. The van der Waals surface area contributed by atoms with Crippen molar-refractivity contribution in [2.45, 2.75) is 36.5 Å². The summed E-state index contributed by atoms with van der Waals surface area (Å²) in [6.07, 6.45) is 2.92. The van der Waals surface area contributed by atoms with E-state index in [9.17, 15) is 16.8 Å². The molecule has 1 aromatic rings. The minimum Gasteiger partial charge on any atom is -0.319 e. The zero-order valence-corrected chi connectivity index (χ0v) is 16.3. The summed E-state index contributed by atoms with van der Waals surface area (Å²) in [6.45, 7) is 4.99. The van der Waals surface area contributed by atoms with Crippen LogP contribution in [0.5, 0.6) is 0 Å². The topological polar surface area (TPSA) is 83.6 Å². The summed E-state index contributed by atoms with van der Waals surface area (Å²) in [5.41, 5.74) is 0.933. The van der Waals surface area contributed by atoms with Gasteiger partial charge in [0.05, 0.1) is 9.79 Å². The number of nitrogens with one attached hydrogen (secondary N) is 1. The van der Waals surface area contributed by atoms with E-state index in [0.29, 0.717) is 24.2 Å². The first-order valence-corrected chi connectivity index (χ1v) is 11.4. The molecule has 1 unspecified atom stereocenters. The van der Waals surface area contributed by atoms with E-state index in [-0.39, 0.29) is 15.7 Å². The Bertz CT molecular complexity index is 815. The largest absolute Gasteiger partial charge is 0.319 e. The standard InChI is InChI=1S/C16H26N2O4S2/c1-12-8-15(23(4,19)20)13(2)16(9-12)24(21,22)18-7-5-6-14(11-18)10-17-3/h8-9,14,17H,5-7,10-11H2,1-4H3. The molecule has 0 bridgehead atoms. The predicted octanol–water partition coefficient (Wildman–Crippen LogP) is 1.33. The van der Waals surface area contributed by atoms with Crippen LogP contribution in [-0.2, 0) is 19.9 Å². The van der Waals surface area contributed by atoms with Crippen molar-refractivity contribution in [1.29, 1.82) is 0 Å². The third-order valence-electron chi connectivity index (χ3n) is 4.45. The van der Waals surface area contributed by atoms with Crippen molar-refractivity contribution in [2.75, 3.05) is 32.9 Å². The molecule has 1 saturated heterocycles. The first kappa shape index (κ1) is 19.4. The number of sulfonamides is 1. The van der Waals surface area contributed by atoms with Gasteiger partial charge in [-0.1, -0.05) is 0 Å². The smallest absolute Gasteiger partial charge is 0.243 e. The minimum absolute atomic E-state index is 0.0878. The predicted molar refractivity (Wildman–Crippen MR) is 94.4 cm³/mol. The highest BCUT2D eigenvalue weighted by Crippen LogP contribution is 2.29. The zero-order valence-electron chi connectivity index (χ0n) is 14.7. The minimum atomic E-state index is -3.71. The summed E-state index contributed by atoms with van der Waals surface area (Å²) in [7, 11) is -5.33. The van der Waals surface area contributed by atoms with E-state index in [2.05, 4.69) is 5.32 Å². The van der Waals surface area contributed by atoms with Crippen LogP contribution in [0.15, 0.2) is 21.9 Å². The number of nitrogens with zero attached hydrogens (tertiary/aromatic N) is 1. The molecule has 8 heteroatoms. The molecular formula is C16H26N2O4S2. The van der Waals surface area contributed by atoms with Crippen LogP contribution < -0.4 is 5.32 Å². The van der Waals surface area contributed by atoms with Crippen LogP contribution >= 0.6 is 0 Å². The van der Waals surface area contributed by atoms with Crippen LogP contribution in [0.2, 0.25) is 0 Å². The van der Waals surface area contributed by atoms with Crippen molar-refractivity contribution >= 4 is 19.9 Å². The first-order valence-electron chi connectivity index (χ1n) is 8.03. The Morgan fingerprint density at radius 3 is 2.38 bits per heavy atom. The molecule has 136 valence electrons. The van der Waals surface area contributed by atoms with E-state index in [1.807, 2.05) is 7.05 Å². The molecule has 1 heterocycles. The van der Waals surface area contributed by atoms with Gasteiger partial charge in [-0.05, 0) is 69.5 Å². The van der Waals surface area contributed by atoms with Crippen molar-refractivity contribution in [1.82, 2.24) is 9.62 Å². The van der Waals surface area contributed by atoms with Crippen molar-refractivity contribution in [3.05, 3.63) is 23.3 Å². The molecule has 24 heavy (non-hydrogen) atoms. The second-order valence-corrected chi connectivity index (χ2v) is 10.5. The number of hydrogen-bond donors (Lipinski definition) is 1. The van der Waals surface area contributed by atoms with Crippen LogP contribution in [0.4, 0.5) is 0 Å². The fourth-order valence-electron chi connectivity index (χ4n) is 3.29. The molecule has 1 aliphatic heterocycles. The maximum atomic E-state index is 13.1.